The Morgan fingerprint density at radius 3 is 3.18 bits per heavy atom. The minimum Gasteiger partial charge on any atom is -0.708 e. The summed E-state index contributed by atoms with van der Waals surface area (Å²) in [6, 6.07) is 0. The van der Waals surface area contributed by atoms with Crippen LogP contribution in [0.25, 0.3) is 11.2 Å². The summed E-state index contributed by atoms with van der Waals surface area (Å²) in [7, 11) is 0. The maximum atomic E-state index is 10.7. The molecule has 0 saturated carbocycles. The van der Waals surface area contributed by atoms with Crippen molar-refractivity contribution in [2.75, 3.05) is 0 Å². The van der Waals surface area contributed by atoms with Crippen molar-refractivity contribution in [3.63, 3.8) is 0 Å². The van der Waals surface area contributed by atoms with Gasteiger partial charge in [0.05, 0.1) is 6.33 Å². The van der Waals surface area contributed by atoms with E-state index in [1.807, 2.05) is 0 Å². The van der Waals surface area contributed by atoms with Gasteiger partial charge < -0.3 is 15.3 Å². The topological polar surface area (TPSA) is 88.7 Å². The number of aromatic amines is 1. The molecule has 6 nitrogen and oxygen atoms in total. The van der Waals surface area contributed by atoms with Gasteiger partial charge in [0, 0.05) is 0 Å². The van der Waals surface area contributed by atoms with Gasteiger partial charge in [0.2, 0.25) is 0 Å². The summed E-state index contributed by atoms with van der Waals surface area (Å²) in [5, 5.41) is 19.8. The number of aromatic hydroxyl groups is 1. The average molecular weight is 152 g/mol. The normalized spacial score (nSPS) is 10.5. The van der Waals surface area contributed by atoms with E-state index in [9.17, 15) is 5.21 Å². The third-order valence-electron chi connectivity index (χ3n) is 1.34. The van der Waals surface area contributed by atoms with Gasteiger partial charge in [0.1, 0.15) is 0 Å². The summed E-state index contributed by atoms with van der Waals surface area (Å²) in [6.45, 7) is 0. The van der Waals surface area contributed by atoms with Gasteiger partial charge in [-0.15, -0.1) is 0 Å². The van der Waals surface area contributed by atoms with E-state index < -0.39 is 5.88 Å². The van der Waals surface area contributed by atoms with Crippen molar-refractivity contribution in [3.05, 3.63) is 17.9 Å². The van der Waals surface area contributed by atoms with E-state index in [0.717, 1.165) is 6.33 Å². The van der Waals surface area contributed by atoms with E-state index in [4.69, 9.17) is 5.11 Å². The summed E-state index contributed by atoms with van der Waals surface area (Å²) in [5.74, 6) is -0.410. The van der Waals surface area contributed by atoms with Gasteiger partial charge >= 0.3 is 5.88 Å². The van der Waals surface area contributed by atoms with Crippen molar-refractivity contribution in [3.8, 4) is 5.88 Å². The summed E-state index contributed by atoms with van der Waals surface area (Å²) in [4.78, 5) is 9.98. The monoisotopic (exact) mass is 152 g/mol. The Balaban J connectivity index is 2.93. The summed E-state index contributed by atoms with van der Waals surface area (Å²) in [6.07, 6.45) is 2.32. The van der Waals surface area contributed by atoms with Gasteiger partial charge in [-0.25, -0.2) is 4.73 Å². The van der Waals surface area contributed by atoms with Gasteiger partial charge in [-0.1, -0.05) is 0 Å². The van der Waals surface area contributed by atoms with Crippen LogP contribution in [0.1, 0.15) is 0 Å². The van der Waals surface area contributed by atoms with Crippen LogP contribution in [0.4, 0.5) is 0 Å². The van der Waals surface area contributed by atoms with Gasteiger partial charge in [-0.05, 0) is 4.98 Å². The molecule has 0 aliphatic heterocycles. The Hall–Kier alpha value is -1.85. The summed E-state index contributed by atoms with van der Waals surface area (Å²) < 4.78 is 0.264. The number of H-pyrrole nitrogens is 1. The van der Waals surface area contributed by atoms with Crippen molar-refractivity contribution in [1.82, 2.24) is 15.0 Å². The highest BCUT2D eigenvalue weighted by molar-refractivity contribution is 5.73. The Morgan fingerprint density at radius 2 is 2.36 bits per heavy atom. The predicted molar refractivity (Wildman–Crippen MR) is 34.5 cm³/mol. The lowest BCUT2D eigenvalue weighted by Crippen LogP contribution is -2.26. The zero-order valence-electron chi connectivity index (χ0n) is 5.35. The molecule has 0 aliphatic rings. The van der Waals surface area contributed by atoms with E-state index in [2.05, 4.69) is 15.0 Å². The second-order valence-electron chi connectivity index (χ2n) is 2.00. The molecule has 0 fully saturated rings. The predicted octanol–water partition coefficient (Wildman–Crippen LogP) is -0.703. The quantitative estimate of drug-likeness (QED) is 0.385. The third kappa shape index (κ3) is 0.689. The summed E-state index contributed by atoms with van der Waals surface area (Å²) in [5.41, 5.74) is 0.581. The van der Waals surface area contributed by atoms with Gasteiger partial charge in [-0.3, -0.25) is 0 Å². The second kappa shape index (κ2) is 1.82. The maximum Gasteiger partial charge on any atom is 0.315 e. The number of aromatic nitrogens is 4. The molecule has 6 heteroatoms. The first-order chi connectivity index (χ1) is 5.29. The first kappa shape index (κ1) is 5.90. The van der Waals surface area contributed by atoms with Crippen molar-refractivity contribution < 1.29 is 9.84 Å². The Kier molecular flexibility index (Phi) is 0.974. The van der Waals surface area contributed by atoms with Crippen molar-refractivity contribution in [1.29, 1.82) is 0 Å². The van der Waals surface area contributed by atoms with Crippen LogP contribution >= 0.6 is 0 Å². The van der Waals surface area contributed by atoms with Crippen LogP contribution in [0.15, 0.2) is 12.7 Å². The molecule has 0 saturated heterocycles. The smallest absolute Gasteiger partial charge is 0.315 e. The molecule has 0 unspecified atom stereocenters. The molecular weight excluding hydrogens is 148 g/mol. The van der Waals surface area contributed by atoms with Crippen molar-refractivity contribution in [2.24, 2.45) is 0 Å². The highest BCUT2D eigenvalue weighted by Gasteiger charge is 2.10. The highest BCUT2D eigenvalue weighted by Crippen LogP contribution is 2.12. The number of rotatable bonds is 0. The molecule has 0 aliphatic carbocycles. The SMILES string of the molecule is [O-][n+]1cnc2nc[nH]c2c1O. The molecule has 2 N–H and O–H groups in total. The molecule has 2 rings (SSSR count). The molecule has 0 spiro atoms. The number of fused-ring (bicyclic) bond motifs is 1. The number of hydrogen-bond acceptors (Lipinski definition) is 4. The standard InChI is InChI=1S/C5H4N4O2/c10-5-3-4(7-1-6-3)8-2-9(5)11/h1-2,10H,(H,6,7,8). The lowest BCUT2D eigenvalue weighted by atomic mass is 10.5. The number of nitrogens with one attached hydrogen (secondary N) is 1. The fourth-order valence-corrected chi connectivity index (χ4v) is 0.822. The maximum absolute atomic E-state index is 10.7. The molecule has 11 heavy (non-hydrogen) atoms. The number of nitrogens with zero attached hydrogens (tertiary/aromatic N) is 3. The second-order valence-corrected chi connectivity index (χ2v) is 2.00. The third-order valence-corrected chi connectivity index (χ3v) is 1.34. The Labute approximate surface area is 60.7 Å². The van der Waals surface area contributed by atoms with E-state index in [0.29, 0.717) is 5.65 Å². The molecule has 0 amide bonds. The molecule has 0 radical (unpaired) electrons. The summed E-state index contributed by atoms with van der Waals surface area (Å²) >= 11 is 0. The van der Waals surface area contributed by atoms with Crippen LogP contribution in [0.3, 0.4) is 0 Å². The fraction of sp³-hybridized carbons (Fsp3) is 0. The molecule has 0 aromatic carbocycles. The van der Waals surface area contributed by atoms with Crippen LogP contribution in [-0.2, 0) is 0 Å². The molecule has 2 aromatic heterocycles. The Bertz CT molecular complexity index is 396. The van der Waals surface area contributed by atoms with Crippen LogP contribution in [-0.4, -0.2) is 20.1 Å². The number of hydrogen-bond donors (Lipinski definition) is 2. The molecule has 2 aromatic rings. The van der Waals surface area contributed by atoms with Gasteiger partial charge in [0.15, 0.2) is 5.52 Å². The average Bonchev–Trinajstić information content (AvgIpc) is 2.45. The van der Waals surface area contributed by atoms with E-state index in [1.54, 1.807) is 0 Å². The lowest BCUT2D eigenvalue weighted by Gasteiger charge is -1.99. The van der Waals surface area contributed by atoms with Gasteiger partial charge in [0.25, 0.3) is 12.0 Å². The molecule has 56 valence electrons. The van der Waals surface area contributed by atoms with E-state index >= 15 is 0 Å². The number of imidazole rings is 1. The van der Waals surface area contributed by atoms with E-state index in [-0.39, 0.29) is 10.2 Å². The van der Waals surface area contributed by atoms with Gasteiger partial charge in [-0.2, -0.15) is 4.98 Å². The lowest BCUT2D eigenvalue weighted by molar-refractivity contribution is -0.615. The minimum absolute atomic E-state index is 0.252. The van der Waals surface area contributed by atoms with Crippen LogP contribution in [0.2, 0.25) is 0 Å². The molecular formula is C5H4N4O2. The van der Waals surface area contributed by atoms with E-state index in [1.165, 1.54) is 6.33 Å². The first-order valence-corrected chi connectivity index (χ1v) is 2.89. The molecule has 0 bridgehead atoms. The first-order valence-electron chi connectivity index (χ1n) is 2.89. The fourth-order valence-electron chi connectivity index (χ4n) is 0.822. The minimum atomic E-state index is -0.410. The highest BCUT2D eigenvalue weighted by atomic mass is 16.5. The van der Waals surface area contributed by atoms with Crippen molar-refractivity contribution in [2.45, 2.75) is 0 Å². The Morgan fingerprint density at radius 1 is 1.55 bits per heavy atom. The zero-order valence-corrected chi connectivity index (χ0v) is 5.35. The van der Waals surface area contributed by atoms with Crippen LogP contribution in [0, 0.1) is 5.21 Å². The molecule has 0 atom stereocenters. The van der Waals surface area contributed by atoms with Crippen LogP contribution in [0.5, 0.6) is 5.88 Å². The zero-order chi connectivity index (χ0) is 7.84. The van der Waals surface area contributed by atoms with Crippen LogP contribution < -0.4 is 4.73 Å². The van der Waals surface area contributed by atoms with Crippen molar-refractivity contribution >= 4 is 11.2 Å². The molecule has 2 heterocycles. The largest absolute Gasteiger partial charge is 0.708 e.